The minimum atomic E-state index is -3.54. The first-order valence-corrected chi connectivity index (χ1v) is 8.28. The number of nitrogens with zero attached hydrogens (tertiary/aromatic N) is 1. The van der Waals surface area contributed by atoms with Gasteiger partial charge in [0.15, 0.2) is 0 Å². The lowest BCUT2D eigenvalue weighted by Gasteiger charge is -2.27. The molecule has 1 atom stereocenters. The maximum atomic E-state index is 13.0. The Kier molecular flexibility index (Phi) is 6.10. The molecule has 0 fully saturated rings. The molecular formula is C14H23FN2O2S. The highest BCUT2D eigenvalue weighted by Gasteiger charge is 2.26. The fourth-order valence-electron chi connectivity index (χ4n) is 2.06. The van der Waals surface area contributed by atoms with Crippen LogP contribution < -0.4 is 4.72 Å². The largest absolute Gasteiger partial charge is 0.279 e. The molecule has 6 heteroatoms. The van der Waals surface area contributed by atoms with Crippen molar-refractivity contribution in [2.75, 3.05) is 13.1 Å². The molecule has 114 valence electrons. The second-order valence-electron chi connectivity index (χ2n) is 4.98. The van der Waals surface area contributed by atoms with Gasteiger partial charge in [0.25, 0.3) is 10.2 Å². The normalized spacial score (nSPS) is 13.9. The molecule has 0 saturated carbocycles. The summed E-state index contributed by atoms with van der Waals surface area (Å²) in [4.78, 5) is 0. The van der Waals surface area contributed by atoms with E-state index in [4.69, 9.17) is 0 Å². The van der Waals surface area contributed by atoms with Crippen LogP contribution in [0.1, 0.15) is 39.3 Å². The predicted octanol–water partition coefficient (Wildman–Crippen LogP) is 2.70. The van der Waals surface area contributed by atoms with Crippen LogP contribution >= 0.6 is 0 Å². The van der Waals surface area contributed by atoms with Gasteiger partial charge in [-0.3, -0.25) is 0 Å². The molecule has 0 heterocycles. The molecule has 1 N–H and O–H groups in total. The van der Waals surface area contributed by atoms with Crippen molar-refractivity contribution >= 4 is 10.2 Å². The Morgan fingerprint density at radius 2 is 1.65 bits per heavy atom. The number of benzene rings is 1. The van der Waals surface area contributed by atoms with Gasteiger partial charge in [0.2, 0.25) is 0 Å². The molecule has 20 heavy (non-hydrogen) atoms. The SMILES string of the molecule is CCN(CC)S(=O)(=O)N[C@@H](c1ccc(F)cc1)C(C)C. The van der Waals surface area contributed by atoms with Crippen LogP contribution in [-0.4, -0.2) is 25.8 Å². The Balaban J connectivity index is 3.02. The van der Waals surface area contributed by atoms with Crippen LogP contribution in [0.5, 0.6) is 0 Å². The maximum Gasteiger partial charge on any atom is 0.279 e. The Labute approximate surface area is 121 Å². The summed E-state index contributed by atoms with van der Waals surface area (Å²) in [5.74, 6) is -0.270. The van der Waals surface area contributed by atoms with Gasteiger partial charge in [-0.2, -0.15) is 17.4 Å². The van der Waals surface area contributed by atoms with Crippen molar-refractivity contribution in [3.8, 4) is 0 Å². The molecule has 0 spiro atoms. The first-order chi connectivity index (χ1) is 9.31. The van der Waals surface area contributed by atoms with E-state index < -0.39 is 10.2 Å². The maximum absolute atomic E-state index is 13.0. The van der Waals surface area contributed by atoms with Crippen LogP contribution in [0.15, 0.2) is 24.3 Å². The van der Waals surface area contributed by atoms with E-state index in [1.807, 2.05) is 13.8 Å². The summed E-state index contributed by atoms with van der Waals surface area (Å²) >= 11 is 0. The number of halogens is 1. The summed E-state index contributed by atoms with van der Waals surface area (Å²) in [6, 6.07) is 5.55. The molecule has 0 unspecified atom stereocenters. The smallest absolute Gasteiger partial charge is 0.207 e. The van der Waals surface area contributed by atoms with Crippen molar-refractivity contribution in [3.05, 3.63) is 35.6 Å². The van der Waals surface area contributed by atoms with Gasteiger partial charge in [-0.25, -0.2) is 4.39 Å². The molecule has 1 rings (SSSR count). The van der Waals surface area contributed by atoms with Gasteiger partial charge in [-0.05, 0) is 23.6 Å². The average molecular weight is 302 g/mol. The highest BCUT2D eigenvalue weighted by Crippen LogP contribution is 2.23. The van der Waals surface area contributed by atoms with E-state index in [0.29, 0.717) is 13.1 Å². The third-order valence-corrected chi connectivity index (χ3v) is 4.97. The molecule has 0 aliphatic heterocycles. The van der Waals surface area contributed by atoms with Crippen LogP contribution in [0, 0.1) is 11.7 Å². The molecule has 1 aromatic rings. The summed E-state index contributed by atoms with van der Waals surface area (Å²) < 4.78 is 41.6. The fraction of sp³-hybridized carbons (Fsp3) is 0.571. The monoisotopic (exact) mass is 302 g/mol. The minimum absolute atomic E-state index is 0.0609. The van der Waals surface area contributed by atoms with Gasteiger partial charge in [0.1, 0.15) is 5.82 Å². The molecule has 1 aromatic carbocycles. The van der Waals surface area contributed by atoms with Crippen LogP contribution in [0.2, 0.25) is 0 Å². The highest BCUT2D eigenvalue weighted by molar-refractivity contribution is 7.87. The Hall–Kier alpha value is -0.980. The molecule has 0 radical (unpaired) electrons. The van der Waals surface area contributed by atoms with Gasteiger partial charge in [-0.1, -0.05) is 39.8 Å². The third kappa shape index (κ3) is 4.26. The molecule has 4 nitrogen and oxygen atoms in total. The van der Waals surface area contributed by atoms with Crippen molar-refractivity contribution in [2.45, 2.75) is 33.7 Å². The first-order valence-electron chi connectivity index (χ1n) is 6.84. The Morgan fingerprint density at radius 3 is 2.05 bits per heavy atom. The molecule has 0 aliphatic carbocycles. The molecule has 0 bridgehead atoms. The summed E-state index contributed by atoms with van der Waals surface area (Å²) in [5, 5.41) is 0. The first kappa shape index (κ1) is 17.1. The average Bonchev–Trinajstić information content (AvgIpc) is 2.38. The zero-order valence-corrected chi connectivity index (χ0v) is 13.2. The van der Waals surface area contributed by atoms with E-state index in [0.717, 1.165) is 5.56 Å². The zero-order chi connectivity index (χ0) is 15.3. The van der Waals surface area contributed by atoms with E-state index >= 15 is 0 Å². The molecule has 0 aromatic heterocycles. The lowest BCUT2D eigenvalue weighted by Crippen LogP contribution is -2.43. The van der Waals surface area contributed by atoms with Crippen molar-refractivity contribution in [1.82, 2.24) is 9.03 Å². The van der Waals surface area contributed by atoms with E-state index in [-0.39, 0.29) is 17.8 Å². The van der Waals surface area contributed by atoms with E-state index in [1.165, 1.54) is 16.4 Å². The summed E-state index contributed by atoms with van der Waals surface area (Å²) in [7, 11) is -3.54. The molecule has 0 saturated heterocycles. The Morgan fingerprint density at radius 1 is 1.15 bits per heavy atom. The second-order valence-corrected chi connectivity index (χ2v) is 6.68. The Bertz CT molecular complexity index is 510. The number of rotatable bonds is 7. The van der Waals surface area contributed by atoms with Crippen molar-refractivity contribution < 1.29 is 12.8 Å². The van der Waals surface area contributed by atoms with Gasteiger partial charge in [-0.15, -0.1) is 0 Å². The van der Waals surface area contributed by atoms with Gasteiger partial charge in [0.05, 0.1) is 6.04 Å². The zero-order valence-electron chi connectivity index (χ0n) is 12.4. The molecule has 0 aliphatic rings. The molecular weight excluding hydrogens is 279 g/mol. The van der Waals surface area contributed by atoms with Gasteiger partial charge >= 0.3 is 0 Å². The summed E-state index contributed by atoms with van der Waals surface area (Å²) in [5.41, 5.74) is 0.761. The van der Waals surface area contributed by atoms with Gasteiger partial charge < -0.3 is 0 Å². The van der Waals surface area contributed by atoms with Crippen LogP contribution in [-0.2, 0) is 10.2 Å². The number of hydrogen-bond acceptors (Lipinski definition) is 2. The lowest BCUT2D eigenvalue weighted by atomic mass is 9.97. The van der Waals surface area contributed by atoms with E-state index in [9.17, 15) is 12.8 Å². The number of nitrogens with one attached hydrogen (secondary N) is 1. The second kappa shape index (κ2) is 7.15. The predicted molar refractivity (Wildman–Crippen MR) is 79.0 cm³/mol. The van der Waals surface area contributed by atoms with E-state index in [1.54, 1.807) is 26.0 Å². The number of hydrogen-bond donors (Lipinski definition) is 1. The van der Waals surface area contributed by atoms with Crippen LogP contribution in [0.4, 0.5) is 4.39 Å². The van der Waals surface area contributed by atoms with Crippen LogP contribution in [0.25, 0.3) is 0 Å². The van der Waals surface area contributed by atoms with Gasteiger partial charge in [0, 0.05) is 13.1 Å². The molecule has 0 amide bonds. The highest BCUT2D eigenvalue weighted by atomic mass is 32.2. The van der Waals surface area contributed by atoms with Crippen molar-refractivity contribution in [3.63, 3.8) is 0 Å². The standard InChI is InChI=1S/C14H23FN2O2S/c1-5-17(6-2)20(18,19)16-14(11(3)4)12-7-9-13(15)10-8-12/h7-11,14,16H,5-6H2,1-4H3/t14-/m1/s1. The minimum Gasteiger partial charge on any atom is -0.207 e. The quantitative estimate of drug-likeness (QED) is 0.842. The van der Waals surface area contributed by atoms with Crippen molar-refractivity contribution in [2.24, 2.45) is 5.92 Å². The topological polar surface area (TPSA) is 49.4 Å². The van der Waals surface area contributed by atoms with E-state index in [2.05, 4.69) is 4.72 Å². The fourth-order valence-corrected chi connectivity index (χ4v) is 3.62. The van der Waals surface area contributed by atoms with Crippen molar-refractivity contribution in [1.29, 1.82) is 0 Å². The summed E-state index contributed by atoms with van der Waals surface area (Å²) in [6.07, 6.45) is 0. The van der Waals surface area contributed by atoms with Crippen LogP contribution in [0.3, 0.4) is 0 Å². The third-order valence-electron chi connectivity index (χ3n) is 3.22. The summed E-state index contributed by atoms with van der Waals surface area (Å²) in [6.45, 7) is 8.29. The lowest BCUT2D eigenvalue weighted by molar-refractivity contribution is 0.403.